The molecule has 0 aliphatic heterocycles. The largest absolute Gasteiger partial charge is 0.394 e. The highest BCUT2D eigenvalue weighted by atomic mass is 32.2. The molecule has 0 aliphatic carbocycles. The molecule has 0 fully saturated rings. The summed E-state index contributed by atoms with van der Waals surface area (Å²) in [5.74, 6) is -1.80. The molecule has 130 valence electrons. The van der Waals surface area contributed by atoms with Gasteiger partial charge in [0.25, 0.3) is 10.0 Å². The van der Waals surface area contributed by atoms with E-state index in [0.717, 1.165) is 24.4 Å². The monoisotopic (exact) mass is 357 g/mol. The molecule has 0 spiro atoms. The molecule has 3 N–H and O–H groups in total. The summed E-state index contributed by atoms with van der Waals surface area (Å²) < 4.78 is 52.6. The molecule has 1 aromatic heterocycles. The Morgan fingerprint density at radius 2 is 1.96 bits per heavy atom. The minimum Gasteiger partial charge on any atom is -0.394 e. The minimum absolute atomic E-state index is 0.0735. The van der Waals surface area contributed by atoms with Gasteiger partial charge in [-0.3, -0.25) is 4.72 Å². The van der Waals surface area contributed by atoms with E-state index in [4.69, 9.17) is 5.11 Å². The van der Waals surface area contributed by atoms with Crippen molar-refractivity contribution in [1.29, 1.82) is 0 Å². The van der Waals surface area contributed by atoms with Gasteiger partial charge < -0.3 is 10.4 Å². The molecule has 2 aromatic rings. The van der Waals surface area contributed by atoms with Crippen LogP contribution in [0.25, 0.3) is 0 Å². The van der Waals surface area contributed by atoms with Crippen LogP contribution in [-0.4, -0.2) is 31.2 Å². The molecule has 6 nitrogen and oxygen atoms in total. The molecular weight excluding hydrogens is 340 g/mol. The average Bonchev–Trinajstić information content (AvgIpc) is 2.56. The fraction of sp³-hybridized carbons (Fsp3) is 0.267. The third-order valence-electron chi connectivity index (χ3n) is 3.28. The molecule has 2 rings (SSSR count). The zero-order chi connectivity index (χ0) is 17.7. The third-order valence-corrected chi connectivity index (χ3v) is 4.65. The predicted molar refractivity (Wildman–Crippen MR) is 86.2 cm³/mol. The van der Waals surface area contributed by atoms with Crippen LogP contribution in [0.4, 0.5) is 20.3 Å². The normalized spacial score (nSPS) is 12.7. The van der Waals surface area contributed by atoms with Crippen LogP contribution < -0.4 is 10.0 Å². The van der Waals surface area contributed by atoms with Gasteiger partial charge in [-0.25, -0.2) is 22.2 Å². The predicted octanol–water partition coefficient (Wildman–Crippen LogP) is 2.34. The van der Waals surface area contributed by atoms with Crippen LogP contribution in [-0.2, 0) is 10.0 Å². The zero-order valence-corrected chi connectivity index (χ0v) is 13.6. The van der Waals surface area contributed by atoms with Crippen molar-refractivity contribution in [2.45, 2.75) is 24.3 Å². The summed E-state index contributed by atoms with van der Waals surface area (Å²) in [7, 11) is -3.98. The van der Waals surface area contributed by atoms with Crippen molar-refractivity contribution in [2.75, 3.05) is 16.6 Å². The first-order valence-electron chi connectivity index (χ1n) is 7.17. The lowest BCUT2D eigenvalue weighted by Crippen LogP contribution is -2.23. The summed E-state index contributed by atoms with van der Waals surface area (Å²) in [6, 6.07) is 5.30. The number of benzene rings is 1. The highest BCUT2D eigenvalue weighted by molar-refractivity contribution is 7.92. The number of anilines is 2. The van der Waals surface area contributed by atoms with Crippen molar-refractivity contribution in [3.8, 4) is 0 Å². The van der Waals surface area contributed by atoms with Crippen molar-refractivity contribution < 1.29 is 22.3 Å². The van der Waals surface area contributed by atoms with Crippen LogP contribution in [0.3, 0.4) is 0 Å². The van der Waals surface area contributed by atoms with Gasteiger partial charge in [-0.1, -0.05) is 6.92 Å². The van der Waals surface area contributed by atoms with E-state index >= 15 is 0 Å². The molecule has 1 atom stereocenters. The Hall–Kier alpha value is -2.26. The number of sulfonamides is 1. The number of aliphatic hydroxyl groups is 1. The lowest BCUT2D eigenvalue weighted by atomic mass is 10.2. The summed E-state index contributed by atoms with van der Waals surface area (Å²) in [6.07, 6.45) is 1.81. The molecular formula is C15H17F2N3O3S. The first kappa shape index (κ1) is 18.1. The van der Waals surface area contributed by atoms with Crippen LogP contribution in [0.1, 0.15) is 13.3 Å². The minimum atomic E-state index is -3.98. The fourth-order valence-electron chi connectivity index (χ4n) is 1.88. The number of hydrogen-bond acceptors (Lipinski definition) is 5. The Morgan fingerprint density at radius 1 is 1.21 bits per heavy atom. The molecule has 1 heterocycles. The smallest absolute Gasteiger partial charge is 0.263 e. The van der Waals surface area contributed by atoms with E-state index in [9.17, 15) is 17.2 Å². The van der Waals surface area contributed by atoms with Crippen molar-refractivity contribution in [1.82, 2.24) is 4.98 Å². The number of aromatic nitrogens is 1. The maximum atomic E-state index is 13.1. The van der Waals surface area contributed by atoms with Crippen LogP contribution in [0.2, 0.25) is 0 Å². The van der Waals surface area contributed by atoms with E-state index < -0.39 is 21.7 Å². The Labute approximate surface area is 138 Å². The fourth-order valence-corrected chi connectivity index (χ4v) is 2.88. The van der Waals surface area contributed by atoms with Crippen LogP contribution in [0, 0.1) is 11.6 Å². The first-order chi connectivity index (χ1) is 11.4. The van der Waals surface area contributed by atoms with Gasteiger partial charge in [-0.05, 0) is 30.7 Å². The van der Waals surface area contributed by atoms with Crippen molar-refractivity contribution in [3.05, 3.63) is 48.2 Å². The number of rotatable bonds is 7. The number of pyridine rings is 1. The maximum Gasteiger partial charge on any atom is 0.263 e. The summed E-state index contributed by atoms with van der Waals surface area (Å²) in [4.78, 5) is 3.85. The van der Waals surface area contributed by atoms with Gasteiger partial charge in [-0.2, -0.15) is 0 Å². The van der Waals surface area contributed by atoms with Gasteiger partial charge in [0.2, 0.25) is 0 Å². The average molecular weight is 357 g/mol. The second-order valence-electron chi connectivity index (χ2n) is 5.05. The highest BCUT2D eigenvalue weighted by Crippen LogP contribution is 2.19. The number of hydrogen-bond donors (Lipinski definition) is 3. The molecule has 24 heavy (non-hydrogen) atoms. The lowest BCUT2D eigenvalue weighted by Gasteiger charge is -2.15. The third kappa shape index (κ3) is 4.39. The Balaban J connectivity index is 2.15. The molecule has 0 saturated heterocycles. The van der Waals surface area contributed by atoms with E-state index in [1.165, 1.54) is 12.1 Å². The van der Waals surface area contributed by atoms with Crippen molar-refractivity contribution in [2.24, 2.45) is 0 Å². The first-order valence-corrected chi connectivity index (χ1v) is 8.65. The van der Waals surface area contributed by atoms with E-state index in [2.05, 4.69) is 15.0 Å². The Kier molecular flexibility index (Phi) is 5.68. The summed E-state index contributed by atoms with van der Waals surface area (Å²) in [5, 5.41) is 12.1. The summed E-state index contributed by atoms with van der Waals surface area (Å²) >= 11 is 0. The second-order valence-corrected chi connectivity index (χ2v) is 6.73. The number of nitrogens with one attached hydrogen (secondary N) is 2. The molecule has 1 unspecified atom stereocenters. The van der Waals surface area contributed by atoms with Crippen molar-refractivity contribution in [3.63, 3.8) is 0 Å². The standard InChI is InChI=1S/C15H17F2N3O3S/c1-2-10(9-21)19-15-6-4-12(8-18-15)24(22,23)20-11-3-5-13(16)14(17)7-11/h3-8,10,20-21H,2,9H2,1H3,(H,18,19). The van der Waals surface area contributed by atoms with Gasteiger partial charge in [-0.15, -0.1) is 0 Å². The van der Waals surface area contributed by atoms with Gasteiger partial charge in [0.1, 0.15) is 10.7 Å². The molecule has 0 bridgehead atoms. The molecule has 0 radical (unpaired) electrons. The molecule has 0 amide bonds. The van der Waals surface area contributed by atoms with E-state index in [-0.39, 0.29) is 23.2 Å². The van der Waals surface area contributed by atoms with E-state index in [1.54, 1.807) is 0 Å². The molecule has 0 aliphatic rings. The van der Waals surface area contributed by atoms with Crippen LogP contribution >= 0.6 is 0 Å². The van der Waals surface area contributed by atoms with Gasteiger partial charge >= 0.3 is 0 Å². The number of halogens is 2. The van der Waals surface area contributed by atoms with E-state index in [0.29, 0.717) is 12.2 Å². The lowest BCUT2D eigenvalue weighted by molar-refractivity contribution is 0.271. The van der Waals surface area contributed by atoms with Gasteiger partial charge in [0, 0.05) is 12.3 Å². The summed E-state index contributed by atoms with van der Waals surface area (Å²) in [5.41, 5.74) is -0.0950. The van der Waals surface area contributed by atoms with E-state index in [1.807, 2.05) is 6.92 Å². The zero-order valence-electron chi connectivity index (χ0n) is 12.8. The maximum absolute atomic E-state index is 13.1. The highest BCUT2D eigenvalue weighted by Gasteiger charge is 2.16. The second kappa shape index (κ2) is 7.54. The van der Waals surface area contributed by atoms with Crippen LogP contribution in [0.5, 0.6) is 0 Å². The van der Waals surface area contributed by atoms with Crippen molar-refractivity contribution >= 4 is 21.5 Å². The Bertz CT molecular complexity index is 794. The topological polar surface area (TPSA) is 91.3 Å². The molecule has 1 aromatic carbocycles. The van der Waals surface area contributed by atoms with Gasteiger partial charge in [0.15, 0.2) is 11.6 Å². The summed E-state index contributed by atoms with van der Waals surface area (Å²) in [6.45, 7) is 1.81. The quantitative estimate of drug-likeness (QED) is 0.707. The SMILES string of the molecule is CCC(CO)Nc1ccc(S(=O)(=O)Nc2ccc(F)c(F)c2)cn1. The Morgan fingerprint density at radius 3 is 2.50 bits per heavy atom. The molecule has 0 saturated carbocycles. The number of nitrogens with zero attached hydrogens (tertiary/aromatic N) is 1. The van der Waals surface area contributed by atoms with Gasteiger partial charge in [0.05, 0.1) is 18.3 Å². The molecule has 9 heteroatoms. The number of aliphatic hydroxyl groups excluding tert-OH is 1. The van der Waals surface area contributed by atoms with Crippen LogP contribution in [0.15, 0.2) is 41.4 Å².